The van der Waals surface area contributed by atoms with Gasteiger partial charge < -0.3 is 13.3 Å². The van der Waals surface area contributed by atoms with E-state index >= 15 is 0 Å². The van der Waals surface area contributed by atoms with Crippen LogP contribution in [0.5, 0.6) is 0 Å². The van der Waals surface area contributed by atoms with Gasteiger partial charge in [0.05, 0.1) is 0 Å². The first-order valence-electron chi connectivity index (χ1n) is 24.3. The molecule has 366 valence electrons. The first kappa shape index (κ1) is 53.7. The maximum atomic E-state index is 6.19. The molecule has 9 aromatic rings. The smallest absolute Gasteiger partial charge is 0.481 e. The van der Waals surface area contributed by atoms with Crippen molar-refractivity contribution in [2.24, 2.45) is 0 Å². The van der Waals surface area contributed by atoms with E-state index in [1.54, 1.807) is 0 Å². The van der Waals surface area contributed by atoms with Crippen LogP contribution in [0.25, 0.3) is 67.7 Å². The minimum Gasteiger partial charge on any atom is -0.481 e. The number of oxazole rings is 3. The zero-order valence-electron chi connectivity index (χ0n) is 46.4. The van der Waals surface area contributed by atoms with Gasteiger partial charge in [0.2, 0.25) is 0 Å². The van der Waals surface area contributed by atoms with Gasteiger partial charge in [-0.15, -0.1) is 85.0 Å². The molecular weight excluding hydrogens is 1040 g/mol. The predicted molar refractivity (Wildman–Crippen MR) is 289 cm³/mol. The van der Waals surface area contributed by atoms with Crippen LogP contribution in [-0.2, 0) is 20.1 Å². The maximum Gasteiger partial charge on any atom is 3.00 e. The van der Waals surface area contributed by atoms with Crippen LogP contribution in [0.15, 0.2) is 13.3 Å². The zero-order valence-corrected chi connectivity index (χ0v) is 48.8. The zero-order chi connectivity index (χ0) is 51.1. The van der Waals surface area contributed by atoms with Crippen molar-refractivity contribution in [1.82, 2.24) is 15.0 Å². The fourth-order valence-electron chi connectivity index (χ4n) is 9.55. The molecule has 70 heavy (non-hydrogen) atoms. The molecule has 0 radical (unpaired) electrons. The van der Waals surface area contributed by atoms with Gasteiger partial charge in [0.1, 0.15) is 51.0 Å². The average molecular weight is 1110 g/mol. The molecule has 0 fully saturated rings. The number of aryl methyl sites for hydroxylation is 9. The van der Waals surface area contributed by atoms with Crippen LogP contribution < -0.4 is 0 Å². The molecule has 3 aromatic heterocycles. The number of hydrogen-bond donors (Lipinski definition) is 0. The normalized spacial score (nSPS) is 11.3. The number of aromatic nitrogens is 3. The van der Waals surface area contributed by atoms with Gasteiger partial charge in [-0.3, -0.25) is 15.0 Å². The molecule has 3 heterocycles. The van der Waals surface area contributed by atoms with Crippen molar-refractivity contribution in [3.05, 3.63) is 152 Å². The Labute approximate surface area is 431 Å². The van der Waals surface area contributed by atoms with E-state index in [1.165, 1.54) is 117 Å². The minimum absolute atomic E-state index is 0. The predicted octanol–water partition coefficient (Wildman–Crippen LogP) is 17.3. The number of benzene rings is 6. The van der Waals surface area contributed by atoms with E-state index in [2.05, 4.69) is 184 Å². The third kappa shape index (κ3) is 8.91. The molecule has 0 aliphatic carbocycles. The molecule has 0 aliphatic heterocycles. The molecule has 0 aliphatic rings. The van der Waals surface area contributed by atoms with E-state index in [-0.39, 0.29) is 20.1 Å². The Balaban J connectivity index is 0.000000171. The summed E-state index contributed by atoms with van der Waals surface area (Å²) in [7, 11) is 0. The van der Waals surface area contributed by atoms with Crippen molar-refractivity contribution in [2.45, 2.75) is 166 Å². The number of hydrogen-bond acceptors (Lipinski definition) is 6. The van der Waals surface area contributed by atoms with Crippen molar-refractivity contribution in [1.29, 1.82) is 0 Å². The first-order valence-corrected chi connectivity index (χ1v) is 24.3. The number of fused-ring (bicyclic) bond motifs is 3. The molecule has 0 atom stereocenters. The van der Waals surface area contributed by atoms with E-state index in [0.717, 1.165) is 66.7 Å². The third-order valence-corrected chi connectivity index (χ3v) is 16.8. The summed E-state index contributed by atoms with van der Waals surface area (Å²) in [6, 6.07) is 10.4. The fraction of sp³-hybridized carbons (Fsp3) is 0.381. The van der Waals surface area contributed by atoms with E-state index in [4.69, 9.17) is 28.2 Å². The van der Waals surface area contributed by atoms with Crippen LogP contribution in [0.4, 0.5) is 0 Å². The second kappa shape index (κ2) is 19.9. The monoisotopic (exact) mass is 1110 g/mol. The molecule has 0 unspecified atom stereocenters. The Bertz CT molecular complexity index is 3080. The molecule has 6 nitrogen and oxygen atoms in total. The molecule has 0 saturated carbocycles. The van der Waals surface area contributed by atoms with Gasteiger partial charge in [0.25, 0.3) is 0 Å². The van der Waals surface area contributed by atoms with Crippen LogP contribution in [0.1, 0.15) is 134 Å². The summed E-state index contributed by atoms with van der Waals surface area (Å²) in [5.41, 5.74) is 38.3. The van der Waals surface area contributed by atoms with Crippen molar-refractivity contribution in [3.63, 3.8) is 0 Å². The summed E-state index contributed by atoms with van der Waals surface area (Å²) in [4.78, 5) is 14.5. The Morgan fingerprint density at radius 2 is 0.414 bits per heavy atom. The largest absolute Gasteiger partial charge is 3.00 e. The Kier molecular flexibility index (Phi) is 15.3. The summed E-state index contributed by atoms with van der Waals surface area (Å²) < 4.78 is 18.6. The summed E-state index contributed by atoms with van der Waals surface area (Å²) in [5.74, 6) is 2.04. The SMILES string of the molecule is Cc1[c-]c(-c2nc3c(C)c(C)c(C)c(C)c3o2)c(C)c(C)c1C.Cc1[c-]c(-c2nc3c(C)c(C)c(C)c(C)c3o2)c(C)c(C)c1C.Cc1[c-]c(-c2nc3c(C)c(C)c(C)c(C)c3o2)c(C)c(C)c1C.[Ir+3]. The minimum atomic E-state index is 0. The molecule has 9 rings (SSSR count). The van der Waals surface area contributed by atoms with Crippen molar-refractivity contribution < 1.29 is 33.4 Å². The van der Waals surface area contributed by atoms with Crippen LogP contribution in [0.2, 0.25) is 0 Å². The molecule has 0 N–H and O–H groups in total. The van der Waals surface area contributed by atoms with Gasteiger partial charge in [-0.1, -0.05) is 99.8 Å². The Morgan fingerprint density at radius 3 is 0.629 bits per heavy atom. The van der Waals surface area contributed by atoms with Crippen LogP contribution in [0, 0.1) is 184 Å². The van der Waals surface area contributed by atoms with Crippen molar-refractivity contribution in [3.8, 4) is 34.4 Å². The van der Waals surface area contributed by atoms with Gasteiger partial charge in [0.15, 0.2) is 0 Å². The van der Waals surface area contributed by atoms with Crippen LogP contribution in [0.3, 0.4) is 0 Å². The quantitative estimate of drug-likeness (QED) is 0.164. The van der Waals surface area contributed by atoms with Crippen LogP contribution >= 0.6 is 0 Å². The molecular formula is C63H72IrN3O3. The standard InChI is InChI=1S/3C21H24NO.Ir/c3*1-10-9-18(15(6)12(3)11(10)2)21-22-19-16(7)13(4)14(5)17(8)20(19)23-21;/h3*1-8H3;/q3*-1;+3. The topological polar surface area (TPSA) is 78.1 Å². The van der Waals surface area contributed by atoms with E-state index in [0.29, 0.717) is 17.7 Å². The number of nitrogens with zero attached hydrogens (tertiary/aromatic N) is 3. The summed E-state index contributed by atoms with van der Waals surface area (Å²) in [5, 5.41) is 0. The molecule has 0 bridgehead atoms. The van der Waals surface area contributed by atoms with Gasteiger partial charge in [0, 0.05) is 0 Å². The van der Waals surface area contributed by atoms with E-state index in [1.807, 2.05) is 0 Å². The molecule has 7 heteroatoms. The van der Waals surface area contributed by atoms with Crippen LogP contribution in [-0.4, -0.2) is 15.0 Å². The van der Waals surface area contributed by atoms with Crippen molar-refractivity contribution >= 4 is 33.3 Å². The Hall–Kier alpha value is -5.62. The fourth-order valence-corrected chi connectivity index (χ4v) is 9.55. The van der Waals surface area contributed by atoms with Crippen molar-refractivity contribution in [2.75, 3.05) is 0 Å². The van der Waals surface area contributed by atoms with E-state index < -0.39 is 0 Å². The van der Waals surface area contributed by atoms with Gasteiger partial charge in [-0.05, 0) is 150 Å². The average Bonchev–Trinajstić information content (AvgIpc) is 4.10. The second-order valence-corrected chi connectivity index (χ2v) is 20.1. The number of rotatable bonds is 3. The summed E-state index contributed by atoms with van der Waals surface area (Å²) >= 11 is 0. The van der Waals surface area contributed by atoms with Gasteiger partial charge in [-0.25, -0.2) is 0 Å². The first-order chi connectivity index (χ1) is 32.2. The maximum absolute atomic E-state index is 6.19. The molecule has 0 spiro atoms. The third-order valence-electron chi connectivity index (χ3n) is 16.8. The van der Waals surface area contributed by atoms with Gasteiger partial charge in [-0.2, -0.15) is 0 Å². The molecule has 0 amide bonds. The summed E-state index contributed by atoms with van der Waals surface area (Å²) in [6.07, 6.45) is 0. The Morgan fingerprint density at radius 1 is 0.229 bits per heavy atom. The molecule has 0 saturated heterocycles. The molecule has 6 aromatic carbocycles. The van der Waals surface area contributed by atoms with E-state index in [9.17, 15) is 0 Å². The second-order valence-electron chi connectivity index (χ2n) is 20.1. The summed E-state index contributed by atoms with van der Waals surface area (Å²) in [6.45, 7) is 51.2. The van der Waals surface area contributed by atoms with Gasteiger partial charge >= 0.3 is 20.1 Å².